The standard InChI is InChI=1S/C29H28N2O2S/c1-21-13-22(2)15-25(14-21)19-34-20-29(32)31-30-17-23-8-11-28(12-9-23)33-18-24-7-10-26-5-3-4-6-27(26)16-24/h3-17H,18-20H2,1-2H3,(H,31,32)/b30-17+. The fourth-order valence-electron chi connectivity index (χ4n) is 3.77. The van der Waals surface area contributed by atoms with Gasteiger partial charge in [-0.2, -0.15) is 5.10 Å². The van der Waals surface area contributed by atoms with Crippen molar-refractivity contribution in [2.45, 2.75) is 26.2 Å². The molecule has 0 bridgehead atoms. The number of fused-ring (bicyclic) bond motifs is 1. The summed E-state index contributed by atoms with van der Waals surface area (Å²) in [5.74, 6) is 1.85. The van der Waals surface area contributed by atoms with Gasteiger partial charge in [-0.1, -0.05) is 65.7 Å². The van der Waals surface area contributed by atoms with Crippen LogP contribution in [0.2, 0.25) is 0 Å². The average Bonchev–Trinajstić information content (AvgIpc) is 2.83. The maximum Gasteiger partial charge on any atom is 0.250 e. The van der Waals surface area contributed by atoms with E-state index in [2.05, 4.69) is 72.9 Å². The molecule has 0 aliphatic rings. The lowest BCUT2D eigenvalue weighted by molar-refractivity contribution is -0.118. The van der Waals surface area contributed by atoms with Gasteiger partial charge in [0.25, 0.3) is 0 Å². The first-order valence-corrected chi connectivity index (χ1v) is 12.4. The summed E-state index contributed by atoms with van der Waals surface area (Å²) in [5, 5.41) is 6.50. The normalized spacial score (nSPS) is 11.1. The van der Waals surface area contributed by atoms with Gasteiger partial charge >= 0.3 is 0 Å². The minimum Gasteiger partial charge on any atom is -0.489 e. The van der Waals surface area contributed by atoms with Gasteiger partial charge in [-0.05, 0) is 71.6 Å². The molecule has 0 heterocycles. The van der Waals surface area contributed by atoms with E-state index in [1.165, 1.54) is 27.5 Å². The molecule has 172 valence electrons. The van der Waals surface area contributed by atoms with Crippen LogP contribution < -0.4 is 10.2 Å². The van der Waals surface area contributed by atoms with Gasteiger partial charge in [0.2, 0.25) is 5.91 Å². The van der Waals surface area contributed by atoms with Crippen molar-refractivity contribution in [1.82, 2.24) is 5.43 Å². The molecule has 1 amide bonds. The number of hydrogen-bond acceptors (Lipinski definition) is 4. The highest BCUT2D eigenvalue weighted by molar-refractivity contribution is 7.99. The molecule has 0 unspecified atom stereocenters. The van der Waals surface area contributed by atoms with Crippen molar-refractivity contribution in [3.63, 3.8) is 0 Å². The quantitative estimate of drug-likeness (QED) is 0.228. The molecule has 4 aromatic carbocycles. The molecule has 0 saturated heterocycles. The summed E-state index contributed by atoms with van der Waals surface area (Å²) in [6.45, 7) is 4.69. The first-order valence-electron chi connectivity index (χ1n) is 11.2. The maximum atomic E-state index is 12.0. The van der Waals surface area contributed by atoms with Gasteiger partial charge in [-0.15, -0.1) is 11.8 Å². The van der Waals surface area contributed by atoms with Gasteiger partial charge in [-0.25, -0.2) is 5.43 Å². The van der Waals surface area contributed by atoms with Crippen molar-refractivity contribution in [1.29, 1.82) is 0 Å². The highest BCUT2D eigenvalue weighted by atomic mass is 32.2. The summed E-state index contributed by atoms with van der Waals surface area (Å²) >= 11 is 1.58. The molecule has 34 heavy (non-hydrogen) atoms. The summed E-state index contributed by atoms with van der Waals surface area (Å²) in [7, 11) is 0. The number of nitrogens with one attached hydrogen (secondary N) is 1. The lowest BCUT2D eigenvalue weighted by Crippen LogP contribution is -2.19. The molecule has 4 nitrogen and oxygen atoms in total. The third-order valence-electron chi connectivity index (χ3n) is 5.29. The van der Waals surface area contributed by atoms with Crippen molar-refractivity contribution < 1.29 is 9.53 Å². The summed E-state index contributed by atoms with van der Waals surface area (Å²) in [6, 6.07) is 28.8. The summed E-state index contributed by atoms with van der Waals surface area (Å²) < 4.78 is 5.92. The SMILES string of the molecule is Cc1cc(C)cc(CSCC(=O)N/N=C/c2ccc(OCc3ccc4ccccc4c3)cc2)c1. The number of nitrogens with zero attached hydrogens (tertiary/aromatic N) is 1. The zero-order chi connectivity index (χ0) is 23.8. The highest BCUT2D eigenvalue weighted by Crippen LogP contribution is 2.18. The van der Waals surface area contributed by atoms with E-state index in [9.17, 15) is 4.79 Å². The van der Waals surface area contributed by atoms with Gasteiger partial charge in [-0.3, -0.25) is 4.79 Å². The summed E-state index contributed by atoms with van der Waals surface area (Å²) in [4.78, 5) is 12.0. The molecule has 0 spiro atoms. The first kappa shape index (κ1) is 23.6. The summed E-state index contributed by atoms with van der Waals surface area (Å²) in [5.41, 5.74) is 8.34. The zero-order valence-electron chi connectivity index (χ0n) is 19.5. The lowest BCUT2D eigenvalue weighted by Gasteiger charge is -2.08. The highest BCUT2D eigenvalue weighted by Gasteiger charge is 2.02. The van der Waals surface area contributed by atoms with E-state index in [0.29, 0.717) is 12.4 Å². The number of benzene rings is 4. The Bertz CT molecular complexity index is 1280. The molecular formula is C29H28N2O2S. The molecule has 0 aromatic heterocycles. The number of aryl methyl sites for hydroxylation is 2. The fraction of sp³-hybridized carbons (Fsp3) is 0.172. The van der Waals surface area contributed by atoms with Crippen LogP contribution in [0.1, 0.15) is 27.8 Å². The molecule has 0 atom stereocenters. The Morgan fingerprint density at radius 3 is 2.38 bits per heavy atom. The minimum absolute atomic E-state index is 0.110. The van der Waals surface area contributed by atoms with E-state index >= 15 is 0 Å². The maximum absolute atomic E-state index is 12.0. The smallest absolute Gasteiger partial charge is 0.250 e. The van der Waals surface area contributed by atoms with Crippen molar-refractivity contribution in [2.24, 2.45) is 5.10 Å². The minimum atomic E-state index is -0.110. The van der Waals surface area contributed by atoms with Gasteiger partial charge in [0, 0.05) is 5.75 Å². The number of ether oxygens (including phenoxy) is 1. The number of carbonyl (C=O) groups excluding carboxylic acids is 1. The summed E-state index contributed by atoms with van der Waals surface area (Å²) in [6.07, 6.45) is 1.64. The predicted octanol–water partition coefficient (Wildman–Crippen LogP) is 6.42. The van der Waals surface area contributed by atoms with Crippen LogP contribution in [0.5, 0.6) is 5.75 Å². The van der Waals surface area contributed by atoms with Crippen molar-refractivity contribution in [3.05, 3.63) is 113 Å². The van der Waals surface area contributed by atoms with Gasteiger partial charge in [0.05, 0.1) is 12.0 Å². The Balaban J connectivity index is 1.20. The second kappa shape index (κ2) is 11.5. The Morgan fingerprint density at radius 1 is 0.882 bits per heavy atom. The van der Waals surface area contributed by atoms with Crippen LogP contribution in [-0.4, -0.2) is 17.9 Å². The molecule has 0 aliphatic carbocycles. The van der Waals surface area contributed by atoms with Crippen LogP contribution in [0.4, 0.5) is 0 Å². The Labute approximate surface area is 205 Å². The Hall–Kier alpha value is -3.57. The monoisotopic (exact) mass is 468 g/mol. The lowest BCUT2D eigenvalue weighted by atomic mass is 10.1. The molecule has 0 radical (unpaired) electrons. The second-order valence-electron chi connectivity index (χ2n) is 8.32. The number of carbonyl (C=O) groups is 1. The topological polar surface area (TPSA) is 50.7 Å². The van der Waals surface area contributed by atoms with Crippen molar-refractivity contribution in [2.75, 3.05) is 5.75 Å². The predicted molar refractivity (Wildman–Crippen MR) is 143 cm³/mol. The molecular weight excluding hydrogens is 440 g/mol. The van der Waals surface area contributed by atoms with E-state index in [-0.39, 0.29) is 5.91 Å². The van der Waals surface area contributed by atoms with E-state index in [1.54, 1.807) is 18.0 Å². The van der Waals surface area contributed by atoms with Gasteiger partial charge < -0.3 is 4.74 Å². The van der Waals surface area contributed by atoms with Crippen LogP contribution in [0.3, 0.4) is 0 Å². The van der Waals surface area contributed by atoms with E-state index in [4.69, 9.17) is 4.74 Å². The number of thioether (sulfide) groups is 1. The van der Waals surface area contributed by atoms with Crippen LogP contribution in [0.15, 0.2) is 90.0 Å². The third-order valence-corrected chi connectivity index (χ3v) is 6.29. The molecule has 1 N–H and O–H groups in total. The third kappa shape index (κ3) is 6.96. The zero-order valence-corrected chi connectivity index (χ0v) is 20.3. The average molecular weight is 469 g/mol. The number of hydrazone groups is 1. The molecule has 4 aromatic rings. The second-order valence-corrected chi connectivity index (χ2v) is 9.31. The van der Waals surface area contributed by atoms with Crippen LogP contribution in [0.25, 0.3) is 10.8 Å². The van der Waals surface area contributed by atoms with Crippen LogP contribution in [0, 0.1) is 13.8 Å². The molecule has 0 fully saturated rings. The molecule has 0 aliphatic heterocycles. The molecule has 4 rings (SSSR count). The van der Waals surface area contributed by atoms with E-state index < -0.39 is 0 Å². The Kier molecular flexibility index (Phi) is 7.99. The van der Waals surface area contributed by atoms with Crippen LogP contribution in [-0.2, 0) is 17.2 Å². The largest absolute Gasteiger partial charge is 0.489 e. The van der Waals surface area contributed by atoms with Gasteiger partial charge in [0.15, 0.2) is 0 Å². The number of amides is 1. The fourth-order valence-corrected chi connectivity index (χ4v) is 4.52. The molecule has 5 heteroatoms. The molecule has 0 saturated carbocycles. The Morgan fingerprint density at radius 2 is 1.62 bits per heavy atom. The van der Waals surface area contributed by atoms with E-state index in [1.807, 2.05) is 36.4 Å². The number of rotatable bonds is 9. The van der Waals surface area contributed by atoms with Crippen molar-refractivity contribution in [3.8, 4) is 5.75 Å². The van der Waals surface area contributed by atoms with Gasteiger partial charge in [0.1, 0.15) is 12.4 Å². The van der Waals surface area contributed by atoms with Crippen LogP contribution >= 0.6 is 11.8 Å². The number of hydrogen-bond donors (Lipinski definition) is 1. The first-order chi connectivity index (χ1) is 16.5. The van der Waals surface area contributed by atoms with Crippen molar-refractivity contribution >= 4 is 34.7 Å². The van der Waals surface area contributed by atoms with E-state index in [0.717, 1.165) is 22.6 Å².